The van der Waals surface area contributed by atoms with Crippen molar-refractivity contribution >= 4 is 0 Å². The van der Waals surface area contributed by atoms with Crippen molar-refractivity contribution in [3.63, 3.8) is 0 Å². The maximum atomic E-state index is 8.61. The van der Waals surface area contributed by atoms with Crippen LogP contribution in [0.2, 0.25) is 0 Å². The second kappa shape index (κ2) is 2.14. The van der Waals surface area contributed by atoms with Gasteiger partial charge in [0.05, 0.1) is 17.0 Å². The van der Waals surface area contributed by atoms with Crippen molar-refractivity contribution in [3.05, 3.63) is 17.0 Å². The highest BCUT2D eigenvalue weighted by Crippen LogP contribution is 2.08. The van der Waals surface area contributed by atoms with E-state index >= 15 is 0 Å². The lowest BCUT2D eigenvalue weighted by Gasteiger charge is -1.89. The molecule has 0 radical (unpaired) electrons. The molecule has 0 spiro atoms. The number of rotatable bonds is 0. The van der Waals surface area contributed by atoms with Crippen LogP contribution in [0, 0.1) is 25.2 Å². The van der Waals surface area contributed by atoms with Crippen LogP contribution in [-0.2, 0) is 7.05 Å². The van der Waals surface area contributed by atoms with Gasteiger partial charge in [-0.05, 0) is 13.8 Å². The van der Waals surface area contributed by atoms with Crippen LogP contribution in [0.3, 0.4) is 0 Å². The van der Waals surface area contributed by atoms with Crippen molar-refractivity contribution < 1.29 is 0 Å². The summed E-state index contributed by atoms with van der Waals surface area (Å²) in [6.07, 6.45) is 0. The molecule has 1 aromatic heterocycles. The van der Waals surface area contributed by atoms with Gasteiger partial charge in [0, 0.05) is 7.05 Å². The van der Waals surface area contributed by atoms with E-state index in [1.165, 1.54) is 0 Å². The Morgan fingerprint density at radius 2 is 2.10 bits per heavy atom. The number of aromatic nitrogens is 2. The molecular formula is C7H9N3. The number of nitriles is 1. The first-order chi connectivity index (χ1) is 4.66. The summed E-state index contributed by atoms with van der Waals surface area (Å²) in [4.78, 5) is 0. The summed E-state index contributed by atoms with van der Waals surface area (Å²) in [6.45, 7) is 3.73. The molecular weight excluding hydrogens is 126 g/mol. The molecule has 3 heteroatoms. The van der Waals surface area contributed by atoms with Crippen LogP contribution in [0.1, 0.15) is 17.0 Å². The molecule has 0 aliphatic carbocycles. The molecule has 1 aromatic rings. The lowest BCUT2D eigenvalue weighted by atomic mass is 10.2. The van der Waals surface area contributed by atoms with Gasteiger partial charge in [0.2, 0.25) is 0 Å². The van der Waals surface area contributed by atoms with E-state index < -0.39 is 0 Å². The number of hydrogen-bond donors (Lipinski definition) is 0. The zero-order chi connectivity index (χ0) is 7.72. The Labute approximate surface area is 59.9 Å². The highest BCUT2D eigenvalue weighted by molar-refractivity contribution is 5.36. The third-order valence-electron chi connectivity index (χ3n) is 1.62. The Bertz CT molecular complexity index is 291. The molecule has 3 nitrogen and oxygen atoms in total. The van der Waals surface area contributed by atoms with E-state index in [-0.39, 0.29) is 0 Å². The van der Waals surface area contributed by atoms with Gasteiger partial charge in [0.15, 0.2) is 0 Å². The third kappa shape index (κ3) is 0.781. The van der Waals surface area contributed by atoms with Gasteiger partial charge in [0.25, 0.3) is 0 Å². The molecule has 1 heterocycles. The van der Waals surface area contributed by atoms with E-state index in [1.54, 1.807) is 4.68 Å². The van der Waals surface area contributed by atoms with Gasteiger partial charge in [-0.1, -0.05) is 0 Å². The van der Waals surface area contributed by atoms with Crippen LogP contribution in [0.5, 0.6) is 0 Å². The predicted octanol–water partition coefficient (Wildman–Crippen LogP) is 0.909. The van der Waals surface area contributed by atoms with Gasteiger partial charge in [0.1, 0.15) is 6.07 Å². The van der Waals surface area contributed by atoms with E-state index in [2.05, 4.69) is 11.2 Å². The number of hydrogen-bond acceptors (Lipinski definition) is 2. The average molecular weight is 135 g/mol. The minimum Gasteiger partial charge on any atom is -0.271 e. The highest BCUT2D eigenvalue weighted by Gasteiger charge is 2.06. The maximum Gasteiger partial charge on any atom is 0.103 e. The largest absolute Gasteiger partial charge is 0.271 e. The minimum atomic E-state index is 0.697. The molecule has 0 aliphatic rings. The highest BCUT2D eigenvalue weighted by atomic mass is 15.3. The van der Waals surface area contributed by atoms with E-state index in [1.807, 2.05) is 20.9 Å². The standard InChI is InChI=1S/C7H9N3/c1-5-7(4-8)6(2)10(3)9-5/h1-3H3. The lowest BCUT2D eigenvalue weighted by Crippen LogP contribution is -1.92. The summed E-state index contributed by atoms with van der Waals surface area (Å²) in [5.41, 5.74) is 2.44. The second-order valence-corrected chi connectivity index (χ2v) is 2.28. The molecule has 0 N–H and O–H groups in total. The fourth-order valence-electron chi connectivity index (χ4n) is 0.935. The lowest BCUT2D eigenvalue weighted by molar-refractivity contribution is 0.731. The first kappa shape index (κ1) is 6.81. The van der Waals surface area contributed by atoms with Crippen molar-refractivity contribution in [2.24, 2.45) is 7.05 Å². The van der Waals surface area contributed by atoms with Gasteiger partial charge < -0.3 is 0 Å². The Balaban J connectivity index is 3.37. The predicted molar refractivity (Wildman–Crippen MR) is 37.4 cm³/mol. The van der Waals surface area contributed by atoms with Crippen LogP contribution >= 0.6 is 0 Å². The van der Waals surface area contributed by atoms with Crippen molar-refractivity contribution in [2.45, 2.75) is 13.8 Å². The summed E-state index contributed by atoms with van der Waals surface area (Å²) in [5, 5.41) is 12.7. The molecule has 0 atom stereocenters. The Morgan fingerprint density at radius 3 is 2.30 bits per heavy atom. The van der Waals surface area contributed by atoms with Crippen LogP contribution < -0.4 is 0 Å². The molecule has 0 aromatic carbocycles. The first-order valence-corrected chi connectivity index (χ1v) is 3.07. The smallest absolute Gasteiger partial charge is 0.103 e. The molecule has 0 bridgehead atoms. The second-order valence-electron chi connectivity index (χ2n) is 2.28. The summed E-state index contributed by atoms with van der Waals surface area (Å²) >= 11 is 0. The quantitative estimate of drug-likeness (QED) is 0.530. The van der Waals surface area contributed by atoms with Crippen LogP contribution in [-0.4, -0.2) is 9.78 Å². The van der Waals surface area contributed by atoms with Gasteiger partial charge >= 0.3 is 0 Å². The third-order valence-corrected chi connectivity index (χ3v) is 1.62. The van der Waals surface area contributed by atoms with Crippen molar-refractivity contribution in [1.82, 2.24) is 9.78 Å². The Hall–Kier alpha value is -1.30. The van der Waals surface area contributed by atoms with Crippen molar-refractivity contribution in [3.8, 4) is 6.07 Å². The first-order valence-electron chi connectivity index (χ1n) is 3.07. The summed E-state index contributed by atoms with van der Waals surface area (Å²) in [5.74, 6) is 0. The molecule has 0 aliphatic heterocycles. The van der Waals surface area contributed by atoms with Crippen LogP contribution in [0.4, 0.5) is 0 Å². The molecule has 10 heavy (non-hydrogen) atoms. The van der Waals surface area contributed by atoms with Crippen LogP contribution in [0.25, 0.3) is 0 Å². The summed E-state index contributed by atoms with van der Waals surface area (Å²) in [7, 11) is 1.84. The summed E-state index contributed by atoms with van der Waals surface area (Å²) < 4.78 is 1.72. The topological polar surface area (TPSA) is 41.6 Å². The van der Waals surface area contributed by atoms with Crippen molar-refractivity contribution in [1.29, 1.82) is 5.26 Å². The molecule has 52 valence electrons. The molecule has 0 saturated carbocycles. The van der Waals surface area contributed by atoms with Crippen molar-refractivity contribution in [2.75, 3.05) is 0 Å². The average Bonchev–Trinajstić information content (AvgIpc) is 2.09. The fourth-order valence-corrected chi connectivity index (χ4v) is 0.935. The Morgan fingerprint density at radius 1 is 1.50 bits per heavy atom. The monoisotopic (exact) mass is 135 g/mol. The van der Waals surface area contributed by atoms with E-state index in [0.29, 0.717) is 5.56 Å². The molecule has 1 rings (SSSR count). The SMILES string of the molecule is Cc1nn(C)c(C)c1C#N. The fraction of sp³-hybridized carbons (Fsp3) is 0.429. The van der Waals surface area contributed by atoms with E-state index in [0.717, 1.165) is 11.4 Å². The van der Waals surface area contributed by atoms with Gasteiger partial charge in [-0.15, -0.1) is 0 Å². The molecule has 0 amide bonds. The van der Waals surface area contributed by atoms with Gasteiger partial charge in [-0.25, -0.2) is 0 Å². The number of nitrogens with zero attached hydrogens (tertiary/aromatic N) is 3. The zero-order valence-corrected chi connectivity index (χ0v) is 6.34. The minimum absolute atomic E-state index is 0.697. The Kier molecular flexibility index (Phi) is 1.46. The molecule has 0 fully saturated rings. The molecule has 0 unspecified atom stereocenters. The number of aryl methyl sites for hydroxylation is 2. The summed E-state index contributed by atoms with van der Waals surface area (Å²) in [6, 6.07) is 2.10. The van der Waals surface area contributed by atoms with Gasteiger partial charge in [-0.2, -0.15) is 10.4 Å². The van der Waals surface area contributed by atoms with E-state index in [4.69, 9.17) is 5.26 Å². The zero-order valence-electron chi connectivity index (χ0n) is 6.34. The van der Waals surface area contributed by atoms with Crippen LogP contribution in [0.15, 0.2) is 0 Å². The van der Waals surface area contributed by atoms with E-state index in [9.17, 15) is 0 Å². The van der Waals surface area contributed by atoms with Gasteiger partial charge in [-0.3, -0.25) is 4.68 Å². The maximum absolute atomic E-state index is 8.61. The molecule has 0 saturated heterocycles. The normalized spacial score (nSPS) is 9.40.